The highest BCUT2D eigenvalue weighted by atomic mass is 19.1. The fraction of sp³-hybridized carbons (Fsp3) is 0.381. The predicted molar refractivity (Wildman–Crippen MR) is 95.3 cm³/mol. The molecule has 4 rings (SSSR count). The van der Waals surface area contributed by atoms with Gasteiger partial charge in [0.2, 0.25) is 0 Å². The van der Waals surface area contributed by atoms with E-state index in [2.05, 4.69) is 0 Å². The highest BCUT2D eigenvalue weighted by Crippen LogP contribution is 2.52. The molecule has 2 N–H and O–H groups in total. The van der Waals surface area contributed by atoms with E-state index in [-0.39, 0.29) is 41.3 Å². The number of phenolic OH excluding ortho intramolecular Hbond substituents is 1. The van der Waals surface area contributed by atoms with Crippen LogP contribution in [0.1, 0.15) is 35.2 Å². The van der Waals surface area contributed by atoms with E-state index in [1.807, 2.05) is 35.2 Å². The molecule has 2 aliphatic rings. The first-order chi connectivity index (χ1) is 12.5. The Bertz CT molecular complexity index is 825. The molecular weight excluding hydrogens is 333 g/mol. The Hall–Kier alpha value is -2.40. The van der Waals surface area contributed by atoms with Crippen molar-refractivity contribution in [1.29, 1.82) is 0 Å². The third-order valence-corrected chi connectivity index (χ3v) is 5.99. The van der Waals surface area contributed by atoms with Gasteiger partial charge in [-0.25, -0.2) is 4.39 Å². The molecule has 0 aromatic heterocycles. The largest absolute Gasteiger partial charge is 0.507 e. The Kier molecular flexibility index (Phi) is 4.19. The lowest BCUT2D eigenvalue weighted by Crippen LogP contribution is -2.44. The number of aliphatic hydroxyl groups excluding tert-OH is 1. The third-order valence-electron chi connectivity index (χ3n) is 5.99. The van der Waals surface area contributed by atoms with Crippen molar-refractivity contribution in [2.45, 2.75) is 37.8 Å². The van der Waals surface area contributed by atoms with Gasteiger partial charge in [0.15, 0.2) is 0 Å². The summed E-state index contributed by atoms with van der Waals surface area (Å²) in [6.45, 7) is 0.0161. The summed E-state index contributed by atoms with van der Waals surface area (Å²) in [5.41, 5.74) is 0.901. The first kappa shape index (κ1) is 17.0. The van der Waals surface area contributed by atoms with E-state index >= 15 is 0 Å². The minimum Gasteiger partial charge on any atom is -0.507 e. The second-order valence-electron chi connectivity index (χ2n) is 7.51. The maximum absolute atomic E-state index is 13.3. The number of aromatic hydroxyl groups is 1. The minimum atomic E-state index is -0.572. The van der Waals surface area contributed by atoms with Crippen LogP contribution in [0.25, 0.3) is 0 Å². The van der Waals surface area contributed by atoms with Gasteiger partial charge in [0.25, 0.3) is 5.91 Å². The zero-order chi connectivity index (χ0) is 18.3. The number of rotatable bonds is 4. The molecule has 136 valence electrons. The average molecular weight is 355 g/mol. The van der Waals surface area contributed by atoms with Gasteiger partial charge in [-0.15, -0.1) is 0 Å². The summed E-state index contributed by atoms with van der Waals surface area (Å²) in [4.78, 5) is 14.9. The number of hydrogen-bond donors (Lipinski definition) is 2. The fourth-order valence-corrected chi connectivity index (χ4v) is 4.84. The van der Waals surface area contributed by atoms with Crippen LogP contribution >= 0.6 is 0 Å². The van der Waals surface area contributed by atoms with E-state index in [0.717, 1.165) is 30.9 Å². The molecule has 3 atom stereocenters. The van der Waals surface area contributed by atoms with Crippen LogP contribution in [0.2, 0.25) is 0 Å². The van der Waals surface area contributed by atoms with Crippen LogP contribution in [0.15, 0.2) is 48.5 Å². The SMILES string of the molecule is O=C(c1ccc(F)cc1O)N1[C@@H]2CC[C@H]1[C@](CO)(Cc1ccccc1)C2. The van der Waals surface area contributed by atoms with E-state index < -0.39 is 5.82 Å². The number of aliphatic hydroxyl groups is 1. The summed E-state index contributed by atoms with van der Waals surface area (Å²) in [7, 11) is 0. The molecular formula is C21H22FNO3. The Morgan fingerprint density at radius 2 is 1.96 bits per heavy atom. The fourth-order valence-electron chi connectivity index (χ4n) is 4.84. The van der Waals surface area contributed by atoms with Crippen LogP contribution in [0.5, 0.6) is 5.75 Å². The Morgan fingerprint density at radius 3 is 2.65 bits per heavy atom. The van der Waals surface area contributed by atoms with E-state index in [0.29, 0.717) is 6.42 Å². The molecule has 26 heavy (non-hydrogen) atoms. The van der Waals surface area contributed by atoms with Crippen LogP contribution in [-0.2, 0) is 6.42 Å². The van der Waals surface area contributed by atoms with E-state index in [4.69, 9.17) is 0 Å². The average Bonchev–Trinajstić information content (AvgIpc) is 3.18. The van der Waals surface area contributed by atoms with Crippen LogP contribution in [0.3, 0.4) is 0 Å². The number of fused-ring (bicyclic) bond motifs is 2. The first-order valence-electron chi connectivity index (χ1n) is 9.00. The zero-order valence-corrected chi connectivity index (χ0v) is 14.4. The van der Waals surface area contributed by atoms with Crippen molar-refractivity contribution >= 4 is 5.91 Å². The van der Waals surface area contributed by atoms with Crippen molar-refractivity contribution in [1.82, 2.24) is 4.90 Å². The van der Waals surface area contributed by atoms with Gasteiger partial charge in [-0.3, -0.25) is 4.79 Å². The van der Waals surface area contributed by atoms with Crippen LogP contribution in [-0.4, -0.2) is 39.7 Å². The number of amides is 1. The van der Waals surface area contributed by atoms with Gasteiger partial charge < -0.3 is 15.1 Å². The molecule has 2 fully saturated rings. The Morgan fingerprint density at radius 1 is 1.19 bits per heavy atom. The maximum atomic E-state index is 13.3. The zero-order valence-electron chi connectivity index (χ0n) is 14.4. The summed E-state index contributed by atoms with van der Waals surface area (Å²) >= 11 is 0. The van der Waals surface area contributed by atoms with Gasteiger partial charge in [0.05, 0.1) is 12.2 Å². The van der Waals surface area contributed by atoms with Crippen molar-refractivity contribution in [2.24, 2.45) is 5.41 Å². The Balaban J connectivity index is 1.64. The van der Waals surface area contributed by atoms with Crippen molar-refractivity contribution in [3.8, 4) is 5.75 Å². The standard InChI is InChI=1S/C21H22FNO3/c22-15-6-8-17(18(25)10-15)20(26)23-16-7-9-19(23)21(12-16,13-24)11-14-4-2-1-3-5-14/h1-6,8,10,16,19,24-25H,7,9,11-13H2/t16-,19+,21-/m1/s1. The number of carbonyl (C=O) groups excluding carboxylic acids is 1. The van der Waals surface area contributed by atoms with E-state index in [9.17, 15) is 19.4 Å². The number of halogens is 1. The number of nitrogens with zero attached hydrogens (tertiary/aromatic N) is 1. The van der Waals surface area contributed by atoms with Crippen LogP contribution in [0, 0.1) is 11.2 Å². The summed E-state index contributed by atoms with van der Waals surface area (Å²) in [5, 5.41) is 20.2. The topological polar surface area (TPSA) is 60.8 Å². The molecule has 0 saturated carbocycles. The molecule has 2 aromatic rings. The summed E-state index contributed by atoms with van der Waals surface area (Å²) in [6, 6.07) is 13.5. The van der Waals surface area contributed by atoms with Crippen molar-refractivity contribution in [3.05, 3.63) is 65.5 Å². The maximum Gasteiger partial charge on any atom is 0.258 e. The predicted octanol–water partition coefficient (Wildman–Crippen LogP) is 3.13. The van der Waals surface area contributed by atoms with Crippen LogP contribution < -0.4 is 0 Å². The second-order valence-corrected chi connectivity index (χ2v) is 7.51. The number of carbonyl (C=O) groups is 1. The van der Waals surface area contributed by atoms with Gasteiger partial charge in [0.1, 0.15) is 11.6 Å². The highest BCUT2D eigenvalue weighted by molar-refractivity contribution is 5.97. The highest BCUT2D eigenvalue weighted by Gasteiger charge is 2.57. The molecule has 5 heteroatoms. The number of phenols is 1. The van der Waals surface area contributed by atoms with Gasteiger partial charge in [-0.2, -0.15) is 0 Å². The molecule has 2 aromatic carbocycles. The lowest BCUT2D eigenvalue weighted by molar-refractivity contribution is 0.0569. The molecule has 2 heterocycles. The summed E-state index contributed by atoms with van der Waals surface area (Å²) in [6.07, 6.45) is 3.20. The molecule has 0 unspecified atom stereocenters. The van der Waals surface area contributed by atoms with Gasteiger partial charge in [0, 0.05) is 23.6 Å². The monoisotopic (exact) mass is 355 g/mol. The number of hydrogen-bond acceptors (Lipinski definition) is 3. The normalized spacial score (nSPS) is 27.1. The van der Waals surface area contributed by atoms with Crippen molar-refractivity contribution < 1.29 is 19.4 Å². The van der Waals surface area contributed by atoms with Gasteiger partial charge in [-0.05, 0) is 43.4 Å². The third kappa shape index (κ3) is 2.67. The summed E-state index contributed by atoms with van der Waals surface area (Å²) in [5.74, 6) is -1.19. The van der Waals surface area contributed by atoms with Crippen LogP contribution in [0.4, 0.5) is 4.39 Å². The second kappa shape index (κ2) is 6.40. The molecule has 2 aliphatic heterocycles. The Labute approximate surface area is 151 Å². The molecule has 2 saturated heterocycles. The molecule has 2 bridgehead atoms. The molecule has 1 amide bonds. The lowest BCUT2D eigenvalue weighted by Gasteiger charge is -2.36. The van der Waals surface area contributed by atoms with Gasteiger partial charge >= 0.3 is 0 Å². The lowest BCUT2D eigenvalue weighted by atomic mass is 9.70. The minimum absolute atomic E-state index is 0.0161. The molecule has 0 spiro atoms. The smallest absolute Gasteiger partial charge is 0.258 e. The van der Waals surface area contributed by atoms with E-state index in [1.165, 1.54) is 12.1 Å². The number of benzene rings is 2. The summed E-state index contributed by atoms with van der Waals surface area (Å²) < 4.78 is 13.3. The van der Waals surface area contributed by atoms with Crippen molar-refractivity contribution in [2.75, 3.05) is 6.61 Å². The molecule has 0 aliphatic carbocycles. The van der Waals surface area contributed by atoms with Gasteiger partial charge in [-0.1, -0.05) is 30.3 Å². The van der Waals surface area contributed by atoms with E-state index in [1.54, 1.807) is 0 Å². The molecule has 0 radical (unpaired) electrons. The first-order valence-corrected chi connectivity index (χ1v) is 9.00. The van der Waals surface area contributed by atoms with Crippen molar-refractivity contribution in [3.63, 3.8) is 0 Å². The quantitative estimate of drug-likeness (QED) is 0.886. The molecule has 4 nitrogen and oxygen atoms in total.